The Morgan fingerprint density at radius 1 is 0.969 bits per heavy atom. The van der Waals surface area contributed by atoms with Crippen molar-refractivity contribution in [2.24, 2.45) is 5.92 Å². The summed E-state index contributed by atoms with van der Waals surface area (Å²) in [5.74, 6) is 0.332. The predicted octanol–water partition coefficient (Wildman–Crippen LogP) is 4.89. The quantitative estimate of drug-likeness (QED) is 0.561. The van der Waals surface area contributed by atoms with Crippen LogP contribution < -0.4 is 14.9 Å². The lowest BCUT2D eigenvalue weighted by molar-refractivity contribution is 0.102. The van der Waals surface area contributed by atoms with E-state index in [4.69, 9.17) is 0 Å². The van der Waals surface area contributed by atoms with Crippen molar-refractivity contribution in [2.75, 3.05) is 28.0 Å². The molecule has 1 unspecified atom stereocenters. The number of carbonyl (C=O) groups is 1. The summed E-state index contributed by atoms with van der Waals surface area (Å²) in [6.07, 6.45) is 1.19. The summed E-state index contributed by atoms with van der Waals surface area (Å²) in [7, 11) is -3.81. The molecule has 166 valence electrons. The first-order valence-corrected chi connectivity index (χ1v) is 12.1. The van der Waals surface area contributed by atoms with Gasteiger partial charge >= 0.3 is 0 Å². The van der Waals surface area contributed by atoms with E-state index in [0.717, 1.165) is 24.3 Å². The van der Waals surface area contributed by atoms with Gasteiger partial charge in [-0.25, -0.2) is 8.42 Å². The summed E-state index contributed by atoms with van der Waals surface area (Å²) in [5, 5.41) is 2.85. The Morgan fingerprint density at radius 3 is 2.41 bits per heavy atom. The van der Waals surface area contributed by atoms with Crippen LogP contribution in [-0.4, -0.2) is 27.4 Å². The van der Waals surface area contributed by atoms with Crippen molar-refractivity contribution in [1.29, 1.82) is 0 Å². The Bertz CT molecular complexity index is 1220. The smallest absolute Gasteiger partial charge is 0.261 e. The third kappa shape index (κ3) is 5.11. The summed E-state index contributed by atoms with van der Waals surface area (Å²) in [6, 6.07) is 20.9. The number of rotatable bonds is 6. The second kappa shape index (κ2) is 9.04. The Balaban J connectivity index is 1.46. The van der Waals surface area contributed by atoms with Crippen molar-refractivity contribution >= 4 is 33.0 Å². The molecule has 1 fully saturated rings. The summed E-state index contributed by atoms with van der Waals surface area (Å²) in [4.78, 5) is 15.1. The maximum Gasteiger partial charge on any atom is 0.261 e. The van der Waals surface area contributed by atoms with E-state index in [9.17, 15) is 13.2 Å². The Hall–Kier alpha value is -3.32. The average Bonchev–Trinajstić information content (AvgIpc) is 3.20. The largest absolute Gasteiger partial charge is 0.371 e. The van der Waals surface area contributed by atoms with E-state index in [-0.39, 0.29) is 16.4 Å². The fourth-order valence-electron chi connectivity index (χ4n) is 3.86. The number of nitrogens with zero attached hydrogens (tertiary/aromatic N) is 1. The van der Waals surface area contributed by atoms with Crippen molar-refractivity contribution in [1.82, 2.24) is 0 Å². The lowest BCUT2D eigenvalue weighted by atomic mass is 10.2. The lowest BCUT2D eigenvalue weighted by Gasteiger charge is -2.18. The standard InChI is InChI=1S/C25H27N3O3S/c1-18-5-3-7-22(15-18)27-32(30,31)24-8-4-6-20(16-24)25(29)26-21-9-11-23(12-10-21)28-14-13-19(2)17-28/h3-12,15-16,19,27H,13-14,17H2,1-2H3,(H,26,29). The van der Waals surface area contributed by atoms with Crippen molar-refractivity contribution in [3.63, 3.8) is 0 Å². The van der Waals surface area contributed by atoms with E-state index in [2.05, 4.69) is 21.9 Å². The molecule has 3 aromatic rings. The van der Waals surface area contributed by atoms with Gasteiger partial charge in [0, 0.05) is 35.7 Å². The van der Waals surface area contributed by atoms with Crippen LogP contribution in [0.15, 0.2) is 77.7 Å². The minimum atomic E-state index is -3.81. The Morgan fingerprint density at radius 2 is 1.72 bits per heavy atom. The fourth-order valence-corrected chi connectivity index (χ4v) is 4.95. The van der Waals surface area contributed by atoms with Gasteiger partial charge in [-0.05, 0) is 79.4 Å². The first-order chi connectivity index (χ1) is 15.3. The zero-order valence-electron chi connectivity index (χ0n) is 18.2. The van der Waals surface area contributed by atoms with Gasteiger partial charge in [0.15, 0.2) is 0 Å². The molecule has 2 N–H and O–H groups in total. The van der Waals surface area contributed by atoms with Gasteiger partial charge in [-0.1, -0.05) is 25.1 Å². The van der Waals surface area contributed by atoms with Gasteiger partial charge in [0.2, 0.25) is 0 Å². The molecule has 1 aliphatic rings. The highest BCUT2D eigenvalue weighted by Crippen LogP contribution is 2.25. The van der Waals surface area contributed by atoms with Crippen LogP contribution in [-0.2, 0) is 10.0 Å². The van der Waals surface area contributed by atoms with Crippen molar-refractivity contribution in [2.45, 2.75) is 25.2 Å². The molecule has 0 radical (unpaired) electrons. The van der Waals surface area contributed by atoms with Crippen molar-refractivity contribution in [3.05, 3.63) is 83.9 Å². The number of nitrogens with one attached hydrogen (secondary N) is 2. The van der Waals surface area contributed by atoms with Gasteiger partial charge in [-0.3, -0.25) is 9.52 Å². The molecular formula is C25H27N3O3S. The van der Waals surface area contributed by atoms with E-state index < -0.39 is 10.0 Å². The van der Waals surface area contributed by atoms with E-state index >= 15 is 0 Å². The summed E-state index contributed by atoms with van der Waals surface area (Å²) in [6.45, 7) is 6.23. The molecule has 1 aliphatic heterocycles. The van der Waals surface area contributed by atoms with Crippen LogP contribution in [0.1, 0.15) is 29.3 Å². The molecule has 0 saturated carbocycles. The third-order valence-electron chi connectivity index (χ3n) is 5.59. The second-order valence-electron chi connectivity index (χ2n) is 8.34. The maximum absolute atomic E-state index is 12.8. The van der Waals surface area contributed by atoms with Gasteiger partial charge in [0.25, 0.3) is 15.9 Å². The first kappa shape index (κ1) is 21.9. The SMILES string of the molecule is Cc1cccc(NS(=O)(=O)c2cccc(C(=O)Nc3ccc(N4CCC(C)C4)cc3)c2)c1. The monoisotopic (exact) mass is 449 g/mol. The first-order valence-electron chi connectivity index (χ1n) is 10.7. The minimum absolute atomic E-state index is 0.0326. The van der Waals surface area contributed by atoms with E-state index in [1.807, 2.05) is 37.3 Å². The molecule has 1 amide bonds. The fraction of sp³-hybridized carbons (Fsp3) is 0.240. The highest BCUT2D eigenvalue weighted by atomic mass is 32.2. The molecule has 1 saturated heterocycles. The van der Waals surface area contributed by atoms with Crippen LogP contribution in [0.3, 0.4) is 0 Å². The van der Waals surface area contributed by atoms with Crippen LogP contribution in [0, 0.1) is 12.8 Å². The lowest BCUT2D eigenvalue weighted by Crippen LogP contribution is -2.19. The van der Waals surface area contributed by atoms with Crippen LogP contribution in [0.25, 0.3) is 0 Å². The summed E-state index contributed by atoms with van der Waals surface area (Å²) < 4.78 is 28.1. The molecule has 3 aromatic carbocycles. The van der Waals surface area contributed by atoms with E-state index in [0.29, 0.717) is 17.3 Å². The number of benzene rings is 3. The average molecular weight is 450 g/mol. The highest BCUT2D eigenvalue weighted by Gasteiger charge is 2.19. The van der Waals surface area contributed by atoms with Gasteiger partial charge in [0.1, 0.15) is 0 Å². The molecule has 0 spiro atoms. The number of hydrogen-bond donors (Lipinski definition) is 2. The van der Waals surface area contributed by atoms with Gasteiger partial charge in [-0.15, -0.1) is 0 Å². The summed E-state index contributed by atoms with van der Waals surface area (Å²) in [5.41, 5.74) is 3.50. The van der Waals surface area contributed by atoms with Gasteiger partial charge in [-0.2, -0.15) is 0 Å². The number of aryl methyl sites for hydroxylation is 1. The molecule has 0 bridgehead atoms. The van der Waals surface area contributed by atoms with Crippen LogP contribution in [0.5, 0.6) is 0 Å². The molecule has 1 heterocycles. The number of hydrogen-bond acceptors (Lipinski definition) is 4. The zero-order valence-corrected chi connectivity index (χ0v) is 19.0. The number of anilines is 3. The number of sulfonamides is 1. The Labute approximate surface area is 189 Å². The van der Waals surface area contributed by atoms with Gasteiger partial charge in [0.05, 0.1) is 4.90 Å². The second-order valence-corrected chi connectivity index (χ2v) is 10.0. The van der Waals surface area contributed by atoms with E-state index in [1.54, 1.807) is 30.3 Å². The Kier molecular flexibility index (Phi) is 6.19. The zero-order chi connectivity index (χ0) is 22.7. The molecule has 4 rings (SSSR count). The molecule has 0 aromatic heterocycles. The number of amides is 1. The van der Waals surface area contributed by atoms with Crippen molar-refractivity contribution < 1.29 is 13.2 Å². The number of carbonyl (C=O) groups excluding carboxylic acids is 1. The van der Waals surface area contributed by atoms with Crippen molar-refractivity contribution in [3.8, 4) is 0 Å². The van der Waals surface area contributed by atoms with Crippen LogP contribution in [0.2, 0.25) is 0 Å². The maximum atomic E-state index is 12.8. The molecule has 6 nitrogen and oxygen atoms in total. The topological polar surface area (TPSA) is 78.5 Å². The van der Waals surface area contributed by atoms with Crippen LogP contribution in [0.4, 0.5) is 17.1 Å². The summed E-state index contributed by atoms with van der Waals surface area (Å²) >= 11 is 0. The molecular weight excluding hydrogens is 422 g/mol. The third-order valence-corrected chi connectivity index (χ3v) is 6.97. The normalized spacial score (nSPS) is 16.1. The minimum Gasteiger partial charge on any atom is -0.371 e. The molecule has 7 heteroatoms. The molecule has 1 atom stereocenters. The van der Waals surface area contributed by atoms with Gasteiger partial charge < -0.3 is 10.2 Å². The van der Waals surface area contributed by atoms with Crippen LogP contribution >= 0.6 is 0 Å². The predicted molar refractivity (Wildman–Crippen MR) is 129 cm³/mol. The molecule has 32 heavy (non-hydrogen) atoms. The van der Waals surface area contributed by atoms with E-state index in [1.165, 1.54) is 18.6 Å². The highest BCUT2D eigenvalue weighted by molar-refractivity contribution is 7.92. The molecule has 0 aliphatic carbocycles.